The lowest BCUT2D eigenvalue weighted by molar-refractivity contribution is 0.0948. The quantitative estimate of drug-likeness (QED) is 0.358. The predicted molar refractivity (Wildman–Crippen MR) is 134 cm³/mol. The number of fused-ring (bicyclic) bond motifs is 1. The van der Waals surface area contributed by atoms with E-state index in [-0.39, 0.29) is 12.1 Å². The van der Waals surface area contributed by atoms with Gasteiger partial charge < -0.3 is 14.9 Å². The Balaban J connectivity index is 1.32. The van der Waals surface area contributed by atoms with Crippen LogP contribution in [0.5, 0.6) is 0 Å². The van der Waals surface area contributed by atoms with Gasteiger partial charge in [0.25, 0.3) is 11.5 Å². The maximum Gasteiger partial charge on any atom is 0.263 e. The van der Waals surface area contributed by atoms with E-state index in [4.69, 9.17) is 11.6 Å². The number of aromatic amines is 1. The minimum atomic E-state index is -0.488. The number of carbonyl (C=O) groups excluding carboxylic acids is 1. The summed E-state index contributed by atoms with van der Waals surface area (Å²) < 4.78 is 1.45. The van der Waals surface area contributed by atoms with E-state index < -0.39 is 11.5 Å². The average molecular weight is 490 g/mol. The molecule has 0 spiro atoms. The third-order valence-corrected chi connectivity index (χ3v) is 6.51. The van der Waals surface area contributed by atoms with Gasteiger partial charge in [0, 0.05) is 34.9 Å². The van der Waals surface area contributed by atoms with Gasteiger partial charge in [-0.2, -0.15) is 0 Å². The molecule has 0 aliphatic carbocycles. The minimum Gasteiger partial charge on any atom is -0.345 e. The number of hydrogen-bond donors (Lipinski definition) is 2. The highest BCUT2D eigenvalue weighted by Crippen LogP contribution is 2.28. The van der Waals surface area contributed by atoms with E-state index in [1.54, 1.807) is 12.4 Å². The molecule has 9 heteroatoms. The zero-order valence-electron chi connectivity index (χ0n) is 18.2. The molecule has 0 unspecified atom stereocenters. The number of pyridine rings is 2. The molecule has 5 aromatic rings. The third-order valence-electron chi connectivity index (χ3n) is 5.45. The molecule has 0 atom stereocenters. The maximum absolute atomic E-state index is 13.0. The van der Waals surface area contributed by atoms with Gasteiger partial charge in [-0.05, 0) is 30.7 Å². The number of H-pyrrole nitrogens is 1. The number of hydrogen-bond acceptors (Lipinski definition) is 5. The highest BCUT2D eigenvalue weighted by molar-refractivity contribution is 7.10. The fourth-order valence-corrected chi connectivity index (χ4v) is 4.66. The van der Waals surface area contributed by atoms with Gasteiger partial charge in [-0.1, -0.05) is 41.4 Å². The molecule has 0 saturated carbocycles. The summed E-state index contributed by atoms with van der Waals surface area (Å²) in [7, 11) is 0. The molecule has 170 valence electrons. The van der Waals surface area contributed by atoms with Gasteiger partial charge in [0.05, 0.1) is 23.8 Å². The second kappa shape index (κ2) is 9.24. The first-order valence-electron chi connectivity index (χ1n) is 10.6. The number of amides is 1. The van der Waals surface area contributed by atoms with Gasteiger partial charge in [0.2, 0.25) is 0 Å². The Labute approximate surface area is 204 Å². The van der Waals surface area contributed by atoms with E-state index in [1.165, 1.54) is 22.0 Å². The van der Waals surface area contributed by atoms with E-state index in [0.717, 1.165) is 38.4 Å². The lowest BCUT2D eigenvalue weighted by Crippen LogP contribution is -2.32. The zero-order chi connectivity index (χ0) is 23.7. The molecule has 0 bridgehead atoms. The summed E-state index contributed by atoms with van der Waals surface area (Å²) in [4.78, 5) is 37.9. The average Bonchev–Trinajstić information content (AvgIpc) is 3.48. The number of rotatable bonds is 6. The first-order chi connectivity index (χ1) is 16.5. The van der Waals surface area contributed by atoms with Crippen LogP contribution in [0.4, 0.5) is 0 Å². The summed E-state index contributed by atoms with van der Waals surface area (Å²) in [5.74, 6) is -0.488. The van der Waals surface area contributed by atoms with Gasteiger partial charge in [-0.15, -0.1) is 11.3 Å². The third kappa shape index (κ3) is 4.50. The first-order valence-corrected chi connectivity index (χ1v) is 11.8. The normalized spacial score (nSPS) is 11.1. The Hall–Kier alpha value is -3.75. The Kier molecular flexibility index (Phi) is 6.00. The summed E-state index contributed by atoms with van der Waals surface area (Å²) in [6.07, 6.45) is 5.15. The second-order valence-corrected chi connectivity index (χ2v) is 9.28. The van der Waals surface area contributed by atoms with Crippen molar-refractivity contribution in [2.75, 3.05) is 0 Å². The van der Waals surface area contributed by atoms with Crippen molar-refractivity contribution in [2.24, 2.45) is 0 Å². The van der Waals surface area contributed by atoms with Crippen molar-refractivity contribution in [3.63, 3.8) is 0 Å². The van der Waals surface area contributed by atoms with Crippen molar-refractivity contribution in [3.8, 4) is 11.3 Å². The van der Waals surface area contributed by atoms with Gasteiger partial charge in [0.15, 0.2) is 0 Å². The van der Waals surface area contributed by atoms with E-state index in [2.05, 4.69) is 20.3 Å². The second-order valence-electron chi connectivity index (χ2n) is 7.90. The molecular weight excluding hydrogens is 470 g/mol. The Bertz CT molecular complexity index is 1550. The molecular formula is C25H20ClN5O2S. The van der Waals surface area contributed by atoms with Crippen LogP contribution in [0.25, 0.3) is 22.3 Å². The van der Waals surface area contributed by atoms with Crippen molar-refractivity contribution < 1.29 is 4.79 Å². The predicted octanol–water partition coefficient (Wildman–Crippen LogP) is 4.79. The molecule has 0 saturated heterocycles. The molecule has 1 aromatic carbocycles. The smallest absolute Gasteiger partial charge is 0.263 e. The highest BCUT2D eigenvalue weighted by atomic mass is 35.5. The Morgan fingerprint density at radius 2 is 2.06 bits per heavy atom. The van der Waals surface area contributed by atoms with E-state index in [1.807, 2.05) is 54.9 Å². The van der Waals surface area contributed by atoms with Gasteiger partial charge >= 0.3 is 0 Å². The fraction of sp³-hybridized carbons (Fsp3) is 0.120. The molecule has 4 heterocycles. The SMILES string of the molecule is Cc1ccc(Cn2cc(Cl)cc(C(=O)NCc3nc(-c4c[nH]c5ncccc45)cs3)c2=O)cc1. The van der Waals surface area contributed by atoms with E-state index in [0.29, 0.717) is 11.6 Å². The monoisotopic (exact) mass is 489 g/mol. The lowest BCUT2D eigenvalue weighted by Gasteiger charge is -2.10. The van der Waals surface area contributed by atoms with Crippen molar-refractivity contribution >= 4 is 39.9 Å². The van der Waals surface area contributed by atoms with E-state index >= 15 is 0 Å². The number of aryl methyl sites for hydroxylation is 1. The summed E-state index contributed by atoms with van der Waals surface area (Å²) in [6, 6.07) is 13.1. The topological polar surface area (TPSA) is 92.7 Å². The maximum atomic E-state index is 13.0. The van der Waals surface area contributed by atoms with Crippen LogP contribution in [-0.2, 0) is 13.1 Å². The first kappa shape index (κ1) is 22.1. The lowest BCUT2D eigenvalue weighted by atomic mass is 10.1. The molecule has 5 rings (SSSR count). The summed E-state index contributed by atoms with van der Waals surface area (Å²) in [5, 5.41) is 6.76. The molecule has 0 radical (unpaired) electrons. The number of halogens is 1. The standard InChI is InChI=1S/C25H20ClN5O2S/c1-15-4-6-16(7-5-15)12-31-13-17(26)9-19(25(31)33)24(32)29-11-22-30-21(14-34-22)20-10-28-23-18(20)3-2-8-27-23/h2-10,13-14H,11-12H2,1H3,(H,27,28)(H,29,32). The fourth-order valence-electron chi connectivity index (χ4n) is 3.70. The number of thiazole rings is 1. The Morgan fingerprint density at radius 3 is 2.88 bits per heavy atom. The van der Waals surface area contributed by atoms with Crippen LogP contribution in [0.3, 0.4) is 0 Å². The Morgan fingerprint density at radius 1 is 1.24 bits per heavy atom. The van der Waals surface area contributed by atoms with Crippen LogP contribution in [-0.4, -0.2) is 25.4 Å². The van der Waals surface area contributed by atoms with Crippen LogP contribution in [0.1, 0.15) is 26.5 Å². The number of nitrogens with zero attached hydrogens (tertiary/aromatic N) is 3. The van der Waals surface area contributed by atoms with Crippen LogP contribution in [0.2, 0.25) is 5.02 Å². The minimum absolute atomic E-state index is 0.000839. The molecule has 0 aliphatic rings. The van der Waals surface area contributed by atoms with Crippen molar-refractivity contribution in [1.29, 1.82) is 0 Å². The number of carbonyl (C=O) groups is 1. The number of nitrogens with one attached hydrogen (secondary N) is 2. The number of aromatic nitrogens is 4. The van der Waals surface area contributed by atoms with E-state index in [9.17, 15) is 9.59 Å². The van der Waals surface area contributed by atoms with Crippen LogP contribution in [0.15, 0.2) is 71.2 Å². The summed E-state index contributed by atoms with van der Waals surface area (Å²) in [5.41, 5.74) is 4.23. The van der Waals surface area contributed by atoms with Gasteiger partial charge in [-0.25, -0.2) is 9.97 Å². The largest absolute Gasteiger partial charge is 0.345 e. The highest BCUT2D eigenvalue weighted by Gasteiger charge is 2.16. The van der Waals surface area contributed by atoms with Crippen LogP contribution >= 0.6 is 22.9 Å². The van der Waals surface area contributed by atoms with Crippen LogP contribution in [0, 0.1) is 6.92 Å². The summed E-state index contributed by atoms with van der Waals surface area (Å²) >= 11 is 7.66. The van der Waals surface area contributed by atoms with Crippen LogP contribution < -0.4 is 10.9 Å². The molecule has 4 aromatic heterocycles. The van der Waals surface area contributed by atoms with Crippen molar-refractivity contribution in [3.05, 3.63) is 104 Å². The molecule has 1 amide bonds. The molecule has 0 aliphatic heterocycles. The molecule has 7 nitrogen and oxygen atoms in total. The zero-order valence-corrected chi connectivity index (χ0v) is 19.8. The van der Waals surface area contributed by atoms with Gasteiger partial charge in [-0.3, -0.25) is 9.59 Å². The van der Waals surface area contributed by atoms with Gasteiger partial charge in [0.1, 0.15) is 16.2 Å². The molecule has 34 heavy (non-hydrogen) atoms. The summed E-state index contributed by atoms with van der Waals surface area (Å²) in [6.45, 7) is 2.53. The van der Waals surface area contributed by atoms with Crippen molar-refractivity contribution in [1.82, 2.24) is 24.8 Å². The molecule has 0 fully saturated rings. The number of benzene rings is 1. The van der Waals surface area contributed by atoms with Crippen molar-refractivity contribution in [2.45, 2.75) is 20.0 Å². The molecule has 2 N–H and O–H groups in total.